The average Bonchev–Trinajstić information content (AvgIpc) is 3.41. The van der Waals surface area contributed by atoms with Gasteiger partial charge in [0.25, 0.3) is 0 Å². The maximum Gasteiger partial charge on any atom is 0.126 e. The van der Waals surface area contributed by atoms with Crippen LogP contribution in [0.2, 0.25) is 0 Å². The second-order valence-corrected chi connectivity index (χ2v) is 9.50. The first kappa shape index (κ1) is 18.8. The number of thiophene rings is 1. The summed E-state index contributed by atoms with van der Waals surface area (Å²) < 4.78 is 4.61. The molecule has 5 aromatic rings. The third-order valence-corrected chi connectivity index (χ3v) is 7.40. The van der Waals surface area contributed by atoms with Crippen molar-refractivity contribution in [3.63, 3.8) is 0 Å². The van der Waals surface area contributed by atoms with Gasteiger partial charge >= 0.3 is 0 Å². The summed E-state index contributed by atoms with van der Waals surface area (Å²) in [4.78, 5) is 13.2. The van der Waals surface area contributed by atoms with Gasteiger partial charge < -0.3 is 14.0 Å². The van der Waals surface area contributed by atoms with Gasteiger partial charge in [-0.05, 0) is 68.6 Å². The quantitative estimate of drug-likeness (QED) is 0.382. The molecule has 6 heteroatoms. The van der Waals surface area contributed by atoms with E-state index in [2.05, 4.69) is 75.0 Å². The van der Waals surface area contributed by atoms with Crippen LogP contribution in [-0.2, 0) is 20.0 Å². The molecule has 4 aromatic heterocycles. The van der Waals surface area contributed by atoms with Crippen LogP contribution in [0.1, 0.15) is 23.5 Å². The van der Waals surface area contributed by atoms with E-state index in [4.69, 9.17) is 4.98 Å². The predicted octanol–water partition coefficient (Wildman–Crippen LogP) is 5.33. The Hall–Kier alpha value is -2.96. The Morgan fingerprint density at radius 3 is 2.87 bits per heavy atom. The van der Waals surface area contributed by atoms with Gasteiger partial charge in [-0.2, -0.15) is 0 Å². The molecular formula is C25H25N5S. The molecule has 0 atom stereocenters. The van der Waals surface area contributed by atoms with Crippen molar-refractivity contribution in [1.82, 2.24) is 24.0 Å². The lowest BCUT2D eigenvalue weighted by Gasteiger charge is -2.12. The third kappa shape index (κ3) is 2.93. The molecule has 0 aliphatic carbocycles. The molecule has 5 heterocycles. The predicted molar refractivity (Wildman–Crippen MR) is 128 cm³/mol. The molecule has 1 aromatic carbocycles. The molecule has 0 spiro atoms. The van der Waals surface area contributed by atoms with Gasteiger partial charge in [-0.15, -0.1) is 11.3 Å². The Morgan fingerprint density at radius 2 is 1.97 bits per heavy atom. The fourth-order valence-electron chi connectivity index (χ4n) is 4.95. The van der Waals surface area contributed by atoms with E-state index in [-0.39, 0.29) is 0 Å². The van der Waals surface area contributed by atoms with Gasteiger partial charge in [-0.25, -0.2) is 9.97 Å². The molecular weight excluding hydrogens is 402 g/mol. The highest BCUT2D eigenvalue weighted by Crippen LogP contribution is 2.39. The molecule has 0 N–H and O–H groups in total. The Balaban J connectivity index is 1.60. The van der Waals surface area contributed by atoms with Crippen LogP contribution in [0.15, 0.2) is 48.1 Å². The fraction of sp³-hybridized carbons (Fsp3) is 0.280. The van der Waals surface area contributed by atoms with Crippen molar-refractivity contribution >= 4 is 33.3 Å². The molecule has 0 unspecified atom stereocenters. The van der Waals surface area contributed by atoms with Gasteiger partial charge in [0.2, 0.25) is 0 Å². The van der Waals surface area contributed by atoms with Crippen LogP contribution < -0.4 is 0 Å². The average molecular weight is 428 g/mol. The van der Waals surface area contributed by atoms with Crippen molar-refractivity contribution in [1.29, 1.82) is 0 Å². The molecule has 31 heavy (non-hydrogen) atoms. The minimum atomic E-state index is 0.833. The Labute approximate surface area is 185 Å². The van der Waals surface area contributed by atoms with Crippen LogP contribution in [0.25, 0.3) is 38.1 Å². The largest absolute Gasteiger partial charge is 0.351 e. The van der Waals surface area contributed by atoms with E-state index in [1.54, 1.807) is 11.3 Å². The van der Waals surface area contributed by atoms with Gasteiger partial charge in [-0.3, -0.25) is 0 Å². The van der Waals surface area contributed by atoms with Crippen LogP contribution in [0, 0.1) is 6.92 Å². The molecule has 5 nitrogen and oxygen atoms in total. The summed E-state index contributed by atoms with van der Waals surface area (Å²) in [7, 11) is 4.30. The number of rotatable bonds is 2. The topological polar surface area (TPSA) is 38.9 Å². The Kier molecular flexibility index (Phi) is 4.26. The van der Waals surface area contributed by atoms with E-state index < -0.39 is 0 Å². The number of hydrogen-bond acceptors (Lipinski definition) is 4. The normalized spacial score (nSPS) is 14.9. The van der Waals surface area contributed by atoms with Crippen LogP contribution >= 0.6 is 11.3 Å². The second-order valence-electron chi connectivity index (χ2n) is 8.59. The molecule has 0 amide bonds. The highest BCUT2D eigenvalue weighted by atomic mass is 32.1. The number of benzene rings is 1. The standard InChI is InChI=1S/C25H25N5S/c1-16-26-14-23-24(27-16)19-15-28(2)10-4-5-21(19)30(23)22-9-12-31-25(22)18-6-7-20-17(13-18)8-11-29(20)3/h6-9,11-14H,4-5,10,15H2,1-3H3. The molecule has 1 aliphatic rings. The molecule has 0 fully saturated rings. The smallest absolute Gasteiger partial charge is 0.126 e. The summed E-state index contributed by atoms with van der Waals surface area (Å²) >= 11 is 1.81. The minimum Gasteiger partial charge on any atom is -0.351 e. The minimum absolute atomic E-state index is 0.833. The maximum absolute atomic E-state index is 4.88. The Bertz CT molecular complexity index is 1440. The molecule has 156 valence electrons. The summed E-state index contributed by atoms with van der Waals surface area (Å²) in [6.07, 6.45) is 6.34. The first-order valence-electron chi connectivity index (χ1n) is 10.8. The van der Waals surface area contributed by atoms with Crippen molar-refractivity contribution < 1.29 is 0 Å². The van der Waals surface area contributed by atoms with Crippen molar-refractivity contribution in [2.75, 3.05) is 13.6 Å². The fourth-order valence-corrected chi connectivity index (χ4v) is 5.83. The van der Waals surface area contributed by atoms with Crippen molar-refractivity contribution in [3.8, 4) is 16.1 Å². The van der Waals surface area contributed by atoms with Crippen molar-refractivity contribution in [2.45, 2.75) is 26.3 Å². The van der Waals surface area contributed by atoms with Gasteiger partial charge in [0.1, 0.15) is 5.82 Å². The highest BCUT2D eigenvalue weighted by molar-refractivity contribution is 7.14. The summed E-state index contributed by atoms with van der Waals surface area (Å²) in [6.45, 7) is 4.03. The maximum atomic E-state index is 4.88. The number of nitrogens with zero attached hydrogens (tertiary/aromatic N) is 5. The lowest BCUT2D eigenvalue weighted by atomic mass is 10.1. The number of fused-ring (bicyclic) bond motifs is 4. The molecule has 1 aliphatic heterocycles. The zero-order valence-corrected chi connectivity index (χ0v) is 18.9. The number of hydrogen-bond donors (Lipinski definition) is 0. The van der Waals surface area contributed by atoms with Crippen LogP contribution in [0.3, 0.4) is 0 Å². The Morgan fingerprint density at radius 1 is 1.06 bits per heavy atom. The number of aromatic nitrogens is 4. The lowest BCUT2D eigenvalue weighted by Crippen LogP contribution is -2.17. The molecule has 0 saturated carbocycles. The monoisotopic (exact) mass is 427 g/mol. The van der Waals surface area contributed by atoms with E-state index in [9.17, 15) is 0 Å². The summed E-state index contributed by atoms with van der Waals surface area (Å²) in [6, 6.07) is 11.2. The van der Waals surface area contributed by atoms with Gasteiger partial charge in [0.05, 0.1) is 27.8 Å². The van der Waals surface area contributed by atoms with E-state index in [1.807, 2.05) is 13.1 Å². The van der Waals surface area contributed by atoms with Crippen molar-refractivity contribution in [2.24, 2.45) is 7.05 Å². The number of aryl methyl sites for hydroxylation is 2. The van der Waals surface area contributed by atoms with Gasteiger partial charge in [0, 0.05) is 41.9 Å². The van der Waals surface area contributed by atoms with Gasteiger partial charge in [-0.1, -0.05) is 6.07 Å². The van der Waals surface area contributed by atoms with Crippen LogP contribution in [-0.4, -0.2) is 37.6 Å². The second kappa shape index (κ2) is 7.04. The van der Waals surface area contributed by atoms with Crippen molar-refractivity contribution in [3.05, 3.63) is 65.2 Å². The molecule has 0 saturated heterocycles. The van der Waals surface area contributed by atoms with E-state index in [1.165, 1.54) is 38.3 Å². The van der Waals surface area contributed by atoms with E-state index >= 15 is 0 Å². The zero-order valence-electron chi connectivity index (χ0n) is 18.1. The van der Waals surface area contributed by atoms with Gasteiger partial charge in [0.15, 0.2) is 0 Å². The molecule has 6 rings (SSSR count). The SMILES string of the molecule is Cc1ncc2c(n1)c1c(n2-c2ccsc2-c2ccc3c(ccn3C)c2)CCCN(C)C1. The highest BCUT2D eigenvalue weighted by Gasteiger charge is 2.25. The van der Waals surface area contributed by atoms with Crippen LogP contribution in [0.5, 0.6) is 0 Å². The van der Waals surface area contributed by atoms with E-state index in [0.29, 0.717) is 0 Å². The first-order valence-corrected chi connectivity index (χ1v) is 11.7. The first-order chi connectivity index (χ1) is 15.1. The summed E-state index contributed by atoms with van der Waals surface area (Å²) in [5, 5.41) is 3.48. The lowest BCUT2D eigenvalue weighted by molar-refractivity contribution is 0.333. The third-order valence-electron chi connectivity index (χ3n) is 6.45. The summed E-state index contributed by atoms with van der Waals surface area (Å²) in [5.74, 6) is 0.833. The zero-order chi connectivity index (χ0) is 21.1. The summed E-state index contributed by atoms with van der Waals surface area (Å²) in [5.41, 5.74) is 8.73. The van der Waals surface area contributed by atoms with E-state index in [0.717, 1.165) is 42.8 Å². The van der Waals surface area contributed by atoms with Crippen LogP contribution in [0.4, 0.5) is 0 Å². The molecule has 0 bridgehead atoms. The molecule has 0 radical (unpaired) electrons.